The highest BCUT2D eigenvalue weighted by molar-refractivity contribution is 6.05. The number of carbonyl (C=O) groups excluding carboxylic acids is 1. The summed E-state index contributed by atoms with van der Waals surface area (Å²) in [7, 11) is 2.16. The van der Waals surface area contributed by atoms with E-state index in [4.69, 9.17) is 26.3 Å². The second kappa shape index (κ2) is 17.2. The molecular formula is C43H60N10O2. The van der Waals surface area contributed by atoms with Crippen LogP contribution in [0.1, 0.15) is 95.6 Å². The molecule has 1 aromatic heterocycles. The number of hydrogen-bond acceptors (Lipinski definition) is 8. The number of aliphatic imine (C=N–C) groups is 1. The summed E-state index contributed by atoms with van der Waals surface area (Å²) >= 11 is 0. The normalized spacial score (nSPS) is 22.8. The number of nitrogens with one attached hydrogen (secondary N) is 4. The van der Waals surface area contributed by atoms with E-state index in [0.29, 0.717) is 36.1 Å². The summed E-state index contributed by atoms with van der Waals surface area (Å²) in [4.78, 5) is 25.5. The number of hydrogen-bond donors (Lipinski definition) is 5. The lowest BCUT2D eigenvalue weighted by Gasteiger charge is -2.41. The van der Waals surface area contributed by atoms with Crippen molar-refractivity contribution in [2.75, 3.05) is 33.2 Å². The predicted molar refractivity (Wildman–Crippen MR) is 220 cm³/mol. The average Bonchev–Trinajstić information content (AvgIpc) is 3.14. The molecule has 6 rings (SSSR count). The molecule has 55 heavy (non-hydrogen) atoms. The van der Waals surface area contributed by atoms with Gasteiger partial charge in [-0.1, -0.05) is 57.2 Å². The van der Waals surface area contributed by atoms with Gasteiger partial charge in [0.05, 0.1) is 17.9 Å². The fraction of sp³-hybridized carbons (Fsp3) is 0.488. The first-order valence-corrected chi connectivity index (χ1v) is 19.8. The molecule has 0 bridgehead atoms. The van der Waals surface area contributed by atoms with Crippen molar-refractivity contribution in [3.63, 3.8) is 0 Å². The number of allylic oxidation sites excluding steroid dienone is 1. The fourth-order valence-corrected chi connectivity index (χ4v) is 7.77. The van der Waals surface area contributed by atoms with Gasteiger partial charge in [0.2, 0.25) is 5.96 Å². The molecule has 2 saturated heterocycles. The Kier molecular flexibility index (Phi) is 12.5. The summed E-state index contributed by atoms with van der Waals surface area (Å²) in [6.45, 7) is 15.4. The maximum atomic E-state index is 13.7. The molecule has 2 aliphatic heterocycles. The fourth-order valence-electron chi connectivity index (χ4n) is 7.77. The van der Waals surface area contributed by atoms with E-state index in [-0.39, 0.29) is 41.2 Å². The maximum absolute atomic E-state index is 13.7. The number of piperidine rings is 1. The first-order valence-electron chi connectivity index (χ1n) is 19.8. The van der Waals surface area contributed by atoms with Crippen LogP contribution in [-0.4, -0.2) is 82.4 Å². The van der Waals surface area contributed by atoms with Crippen molar-refractivity contribution < 1.29 is 9.53 Å². The Labute approximate surface area is 326 Å². The Morgan fingerprint density at radius 3 is 2.38 bits per heavy atom. The van der Waals surface area contributed by atoms with Crippen LogP contribution in [-0.2, 0) is 6.54 Å². The number of likely N-dealkylation sites (tertiary alicyclic amines) is 1. The SMILES string of the molecule is CC1CCCC(C)N1C(=N)n1cc(OC2CCC(NC(=O)NC(/C=C(\N)C(C)(C)C)=Nc3cccc(CN4CCN(C)CC4)c3)c3ccccc32)ccc1=N. The number of nitrogens with zero attached hydrogens (tertiary/aromatic N) is 5. The van der Waals surface area contributed by atoms with Gasteiger partial charge in [0, 0.05) is 62.0 Å². The molecule has 3 aliphatic rings. The molecular weight excluding hydrogens is 689 g/mol. The molecule has 294 valence electrons. The third kappa shape index (κ3) is 10.0. The zero-order valence-corrected chi connectivity index (χ0v) is 33.4. The van der Waals surface area contributed by atoms with Crippen LogP contribution in [0.3, 0.4) is 0 Å². The Balaban J connectivity index is 1.17. The number of nitrogens with two attached hydrogens (primary N) is 1. The smallest absolute Gasteiger partial charge is 0.320 e. The summed E-state index contributed by atoms with van der Waals surface area (Å²) in [6.07, 6.45) is 7.80. The van der Waals surface area contributed by atoms with Gasteiger partial charge in [-0.05, 0) is 94.0 Å². The summed E-state index contributed by atoms with van der Waals surface area (Å²) in [5.41, 5.74) is 11.0. The van der Waals surface area contributed by atoms with Crippen LogP contribution in [0.15, 0.2) is 83.6 Å². The minimum absolute atomic E-state index is 0.234. The molecule has 12 nitrogen and oxygen atoms in total. The van der Waals surface area contributed by atoms with E-state index in [1.165, 1.54) is 5.56 Å². The molecule has 0 spiro atoms. The zero-order valence-electron chi connectivity index (χ0n) is 33.4. The molecule has 6 N–H and O–H groups in total. The van der Waals surface area contributed by atoms with Crippen molar-refractivity contribution in [2.45, 2.75) is 97.5 Å². The van der Waals surface area contributed by atoms with Crippen LogP contribution in [0.25, 0.3) is 0 Å². The number of fused-ring (bicyclic) bond motifs is 1. The minimum Gasteiger partial charge on any atom is -0.484 e. The number of piperazine rings is 1. The Morgan fingerprint density at radius 1 is 0.964 bits per heavy atom. The molecule has 12 heteroatoms. The Morgan fingerprint density at radius 2 is 1.67 bits per heavy atom. The first kappa shape index (κ1) is 39.7. The molecule has 2 fully saturated rings. The minimum atomic E-state index is -0.365. The number of amides is 2. The third-order valence-electron chi connectivity index (χ3n) is 11.2. The van der Waals surface area contributed by atoms with E-state index >= 15 is 0 Å². The number of likely N-dealkylation sites (N-methyl/N-ethyl adjacent to an activating group) is 1. The Hall–Kier alpha value is -4.94. The van der Waals surface area contributed by atoms with Crippen LogP contribution in [0.2, 0.25) is 0 Å². The van der Waals surface area contributed by atoms with E-state index in [9.17, 15) is 4.79 Å². The highest BCUT2D eigenvalue weighted by Crippen LogP contribution is 2.38. The van der Waals surface area contributed by atoms with Crippen molar-refractivity contribution in [1.82, 2.24) is 29.9 Å². The van der Waals surface area contributed by atoms with Crippen LogP contribution in [0, 0.1) is 16.2 Å². The van der Waals surface area contributed by atoms with Crippen LogP contribution >= 0.6 is 0 Å². The summed E-state index contributed by atoms with van der Waals surface area (Å²) in [5.74, 6) is 1.27. The lowest BCUT2D eigenvalue weighted by molar-refractivity contribution is 0.148. The second-order valence-corrected chi connectivity index (χ2v) is 16.5. The molecule has 1 aliphatic carbocycles. The summed E-state index contributed by atoms with van der Waals surface area (Å²) < 4.78 is 8.21. The van der Waals surface area contributed by atoms with E-state index in [2.05, 4.69) is 58.4 Å². The van der Waals surface area contributed by atoms with Crippen molar-refractivity contribution in [3.05, 3.63) is 101 Å². The van der Waals surface area contributed by atoms with Crippen molar-refractivity contribution in [1.29, 1.82) is 10.8 Å². The van der Waals surface area contributed by atoms with Crippen LogP contribution in [0.5, 0.6) is 5.75 Å². The molecule has 2 aromatic carbocycles. The summed E-state index contributed by atoms with van der Waals surface area (Å²) in [5, 5.41) is 23.8. The van der Waals surface area contributed by atoms with Gasteiger partial charge in [-0.25, -0.2) is 9.79 Å². The monoisotopic (exact) mass is 748 g/mol. The average molecular weight is 749 g/mol. The predicted octanol–water partition coefficient (Wildman–Crippen LogP) is 6.63. The number of rotatable bonds is 7. The molecule has 2 amide bonds. The highest BCUT2D eigenvalue weighted by Gasteiger charge is 2.31. The quantitative estimate of drug-likeness (QED) is 0.135. The number of urea groups is 1. The Bertz CT molecular complexity index is 1940. The van der Waals surface area contributed by atoms with E-state index < -0.39 is 0 Å². The lowest BCUT2D eigenvalue weighted by Crippen LogP contribution is -2.51. The number of pyridine rings is 1. The molecule has 3 heterocycles. The number of benzene rings is 2. The molecule has 0 radical (unpaired) electrons. The van der Waals surface area contributed by atoms with Gasteiger partial charge in [-0.15, -0.1) is 0 Å². The van der Waals surface area contributed by atoms with Gasteiger partial charge in [0.15, 0.2) is 0 Å². The van der Waals surface area contributed by atoms with Crippen molar-refractivity contribution in [2.24, 2.45) is 16.1 Å². The standard InChI is InChI=1S/C43H60N10O2/c1-29-11-9-12-30(2)53(29)41(46)52-28-33(17-20-39(52)45)55-37-19-18-36(34-15-7-8-16-35(34)37)48-42(54)49-40(26-38(44)43(3,4)5)47-32-14-10-13-31(25-32)27-51-23-21-50(6)22-24-51/h7-8,10,13-17,20,25-26,28-30,36-37,45-46H,9,11-12,18-19,21-24,27,44H2,1-6H3,(H2,47,48,49,54)/b38-26-,45-39?,46-41?. The maximum Gasteiger partial charge on any atom is 0.320 e. The second-order valence-electron chi connectivity index (χ2n) is 16.5. The zero-order chi connectivity index (χ0) is 39.3. The largest absolute Gasteiger partial charge is 0.484 e. The topological polar surface area (TPSA) is 151 Å². The number of ether oxygens (including phenoxy) is 1. The van der Waals surface area contributed by atoms with E-state index in [0.717, 1.165) is 68.8 Å². The van der Waals surface area contributed by atoms with Gasteiger partial charge in [0.25, 0.3) is 0 Å². The van der Waals surface area contributed by atoms with Crippen LogP contribution in [0.4, 0.5) is 10.5 Å². The third-order valence-corrected chi connectivity index (χ3v) is 11.2. The van der Waals surface area contributed by atoms with E-state index in [1.807, 2.05) is 57.2 Å². The van der Waals surface area contributed by atoms with E-state index in [1.54, 1.807) is 29.0 Å². The first-order chi connectivity index (χ1) is 26.2. The molecule has 4 atom stereocenters. The molecule has 3 aromatic rings. The van der Waals surface area contributed by atoms with Gasteiger partial charge in [-0.2, -0.15) is 0 Å². The van der Waals surface area contributed by atoms with Gasteiger partial charge in [-0.3, -0.25) is 25.6 Å². The van der Waals surface area contributed by atoms with Gasteiger partial charge >= 0.3 is 6.03 Å². The number of carbonyl (C=O) groups is 1. The number of amidine groups is 1. The van der Waals surface area contributed by atoms with Gasteiger partial charge in [0.1, 0.15) is 23.2 Å². The van der Waals surface area contributed by atoms with Crippen molar-refractivity contribution >= 4 is 23.5 Å². The van der Waals surface area contributed by atoms with Crippen molar-refractivity contribution in [3.8, 4) is 5.75 Å². The lowest BCUT2D eigenvalue weighted by atomic mass is 9.85. The van der Waals surface area contributed by atoms with Gasteiger partial charge < -0.3 is 25.6 Å². The number of aromatic nitrogens is 1. The molecule has 0 saturated carbocycles. The summed E-state index contributed by atoms with van der Waals surface area (Å²) in [6, 6.07) is 19.6. The van der Waals surface area contributed by atoms with Crippen LogP contribution < -0.4 is 26.6 Å². The highest BCUT2D eigenvalue weighted by atomic mass is 16.5. The molecule has 4 unspecified atom stereocenters.